The molecule has 0 aliphatic rings. The highest BCUT2D eigenvalue weighted by molar-refractivity contribution is 6.30. The number of rotatable bonds is 4. The summed E-state index contributed by atoms with van der Waals surface area (Å²) in [4.78, 5) is 17.1. The fourth-order valence-corrected chi connectivity index (χ4v) is 3.68. The van der Waals surface area contributed by atoms with Gasteiger partial charge in [0.25, 0.3) is 5.91 Å². The van der Waals surface area contributed by atoms with E-state index in [0.717, 1.165) is 22.6 Å². The molecule has 0 radical (unpaired) electrons. The highest BCUT2D eigenvalue weighted by Gasteiger charge is 2.16. The van der Waals surface area contributed by atoms with Crippen molar-refractivity contribution in [2.24, 2.45) is 5.10 Å². The summed E-state index contributed by atoms with van der Waals surface area (Å²) in [6, 6.07) is 15.7. The summed E-state index contributed by atoms with van der Waals surface area (Å²) in [5, 5.41) is 4.69. The third-order valence-electron chi connectivity index (χ3n) is 4.83. The van der Waals surface area contributed by atoms with Gasteiger partial charge in [-0.2, -0.15) is 5.10 Å². The van der Waals surface area contributed by atoms with Crippen molar-refractivity contribution < 1.29 is 4.79 Å². The topological polar surface area (TPSA) is 63.7 Å². The minimum absolute atomic E-state index is 0.342. The second-order valence-electron chi connectivity index (χ2n) is 6.82. The lowest BCUT2D eigenvalue weighted by molar-refractivity contribution is 0.0948. The van der Waals surface area contributed by atoms with Crippen LogP contribution in [0.2, 0.25) is 5.02 Å². The third kappa shape index (κ3) is 3.54. The Bertz CT molecular complexity index is 1240. The van der Waals surface area contributed by atoms with E-state index in [2.05, 4.69) is 32.2 Å². The van der Waals surface area contributed by atoms with Crippen LogP contribution in [0, 0.1) is 20.8 Å². The molecule has 1 aromatic carbocycles. The van der Waals surface area contributed by atoms with Gasteiger partial charge in [0.15, 0.2) is 0 Å². The number of halogens is 1. The molecular weight excluding hydrogens is 386 g/mol. The third-order valence-corrected chi connectivity index (χ3v) is 5.05. The molecule has 0 saturated carbocycles. The maximum Gasteiger partial charge on any atom is 0.290 e. The van der Waals surface area contributed by atoms with E-state index in [1.165, 1.54) is 0 Å². The number of hydrogen-bond donors (Lipinski definition) is 1. The second-order valence-corrected chi connectivity index (χ2v) is 7.25. The Morgan fingerprint density at radius 3 is 2.66 bits per heavy atom. The standard InChI is InChI=1S/C22H20ClN5O/c1-14-11-17(16(3)28(14)19-7-5-4-6-8-19)12-24-26-22(29)21-15(2)25-20-10-9-18(23)13-27(20)21/h4-13H,1-3H3,(H,26,29)/b24-12+. The molecule has 0 spiro atoms. The Hall–Kier alpha value is -3.38. The first-order chi connectivity index (χ1) is 14.0. The van der Waals surface area contributed by atoms with E-state index >= 15 is 0 Å². The van der Waals surface area contributed by atoms with Gasteiger partial charge in [-0.25, -0.2) is 10.4 Å². The van der Waals surface area contributed by atoms with E-state index in [9.17, 15) is 4.79 Å². The quantitative estimate of drug-likeness (QED) is 0.402. The molecule has 4 aromatic rings. The number of hydrogen-bond acceptors (Lipinski definition) is 3. The first-order valence-corrected chi connectivity index (χ1v) is 9.55. The monoisotopic (exact) mass is 405 g/mol. The minimum Gasteiger partial charge on any atom is -0.318 e. The lowest BCUT2D eigenvalue weighted by Crippen LogP contribution is -2.20. The molecule has 3 aromatic heterocycles. The molecule has 0 fully saturated rings. The average molecular weight is 406 g/mol. The van der Waals surface area contributed by atoms with Gasteiger partial charge >= 0.3 is 0 Å². The molecule has 29 heavy (non-hydrogen) atoms. The number of benzene rings is 1. The minimum atomic E-state index is -0.342. The van der Waals surface area contributed by atoms with Crippen molar-refractivity contribution in [1.29, 1.82) is 0 Å². The van der Waals surface area contributed by atoms with Gasteiger partial charge in [0.1, 0.15) is 11.3 Å². The molecule has 0 bridgehead atoms. The number of carbonyl (C=O) groups is 1. The SMILES string of the molecule is Cc1nc2ccc(Cl)cn2c1C(=O)N/N=C/c1cc(C)n(-c2ccccc2)c1C. The van der Waals surface area contributed by atoms with Crippen molar-refractivity contribution in [2.45, 2.75) is 20.8 Å². The fraction of sp³-hybridized carbons (Fsp3) is 0.136. The normalized spacial score (nSPS) is 11.4. The van der Waals surface area contributed by atoms with Gasteiger partial charge in [-0.3, -0.25) is 9.20 Å². The summed E-state index contributed by atoms with van der Waals surface area (Å²) in [7, 11) is 0. The summed E-state index contributed by atoms with van der Waals surface area (Å²) in [6.07, 6.45) is 3.33. The predicted octanol–water partition coefficient (Wildman–Crippen LogP) is 4.47. The second kappa shape index (κ2) is 7.56. The number of nitrogens with one attached hydrogen (secondary N) is 1. The smallest absolute Gasteiger partial charge is 0.290 e. The number of fused-ring (bicyclic) bond motifs is 1. The maximum atomic E-state index is 12.7. The van der Waals surface area contributed by atoms with E-state index in [0.29, 0.717) is 22.1 Å². The van der Waals surface area contributed by atoms with E-state index in [4.69, 9.17) is 11.6 Å². The number of aryl methyl sites for hydroxylation is 2. The van der Waals surface area contributed by atoms with Crippen LogP contribution >= 0.6 is 11.6 Å². The molecule has 1 amide bonds. The summed E-state index contributed by atoms with van der Waals surface area (Å²) >= 11 is 6.06. The zero-order valence-corrected chi connectivity index (χ0v) is 17.1. The molecule has 6 nitrogen and oxygen atoms in total. The maximum absolute atomic E-state index is 12.7. The van der Waals surface area contributed by atoms with Crippen LogP contribution in [0.5, 0.6) is 0 Å². The van der Waals surface area contributed by atoms with Crippen molar-refractivity contribution in [2.75, 3.05) is 0 Å². The highest BCUT2D eigenvalue weighted by Crippen LogP contribution is 2.19. The molecule has 0 unspecified atom stereocenters. The van der Waals surface area contributed by atoms with Crippen LogP contribution in [-0.4, -0.2) is 26.1 Å². The Labute approximate surface area is 173 Å². The molecule has 4 rings (SSSR count). The molecule has 7 heteroatoms. The van der Waals surface area contributed by atoms with E-state index in [1.807, 2.05) is 38.1 Å². The van der Waals surface area contributed by atoms with Gasteiger partial charge in [-0.15, -0.1) is 0 Å². The molecule has 0 aliphatic heterocycles. The molecule has 3 heterocycles. The van der Waals surface area contributed by atoms with Gasteiger partial charge in [-0.1, -0.05) is 29.8 Å². The Balaban J connectivity index is 1.58. The average Bonchev–Trinajstić information content (AvgIpc) is 3.17. The fourth-order valence-electron chi connectivity index (χ4n) is 3.52. The van der Waals surface area contributed by atoms with E-state index < -0.39 is 0 Å². The van der Waals surface area contributed by atoms with Crippen LogP contribution < -0.4 is 5.43 Å². The molecule has 1 N–H and O–H groups in total. The predicted molar refractivity (Wildman–Crippen MR) is 115 cm³/mol. The van der Waals surface area contributed by atoms with Gasteiger partial charge in [0, 0.05) is 28.8 Å². The molecule has 146 valence electrons. The number of pyridine rings is 1. The molecular formula is C22H20ClN5O. The number of carbonyl (C=O) groups excluding carboxylic acids is 1. The van der Waals surface area contributed by atoms with Crippen LogP contribution in [0.1, 0.15) is 33.1 Å². The lowest BCUT2D eigenvalue weighted by Gasteiger charge is -2.09. The number of amides is 1. The Kier molecular flexibility index (Phi) is 4.94. The number of para-hydroxylation sites is 1. The summed E-state index contributed by atoms with van der Waals surface area (Å²) in [5.74, 6) is -0.342. The van der Waals surface area contributed by atoms with E-state index in [-0.39, 0.29) is 5.91 Å². The first-order valence-electron chi connectivity index (χ1n) is 9.17. The van der Waals surface area contributed by atoms with Gasteiger partial charge in [0.2, 0.25) is 0 Å². The zero-order chi connectivity index (χ0) is 20.5. The summed E-state index contributed by atoms with van der Waals surface area (Å²) < 4.78 is 3.82. The van der Waals surface area contributed by atoms with Crippen LogP contribution in [-0.2, 0) is 0 Å². The zero-order valence-electron chi connectivity index (χ0n) is 16.3. The number of aromatic nitrogens is 3. The summed E-state index contributed by atoms with van der Waals surface area (Å²) in [5.41, 5.74) is 8.44. The van der Waals surface area contributed by atoms with Crippen molar-refractivity contribution in [3.05, 3.63) is 88.1 Å². The van der Waals surface area contributed by atoms with E-state index in [1.54, 1.807) is 35.9 Å². The number of imidazole rings is 1. The summed E-state index contributed by atoms with van der Waals surface area (Å²) in [6.45, 7) is 5.86. The van der Waals surface area contributed by atoms with Crippen molar-refractivity contribution in [1.82, 2.24) is 19.4 Å². The van der Waals surface area contributed by atoms with Crippen LogP contribution in [0.15, 0.2) is 59.8 Å². The largest absolute Gasteiger partial charge is 0.318 e. The lowest BCUT2D eigenvalue weighted by atomic mass is 10.2. The van der Waals surface area contributed by atoms with Crippen molar-refractivity contribution in [3.63, 3.8) is 0 Å². The van der Waals surface area contributed by atoms with Crippen LogP contribution in [0.3, 0.4) is 0 Å². The Morgan fingerprint density at radius 2 is 1.90 bits per heavy atom. The van der Waals surface area contributed by atoms with Crippen LogP contribution in [0.25, 0.3) is 11.3 Å². The van der Waals surface area contributed by atoms with Crippen LogP contribution in [0.4, 0.5) is 0 Å². The number of nitrogens with zero attached hydrogens (tertiary/aromatic N) is 4. The van der Waals surface area contributed by atoms with Gasteiger partial charge in [0.05, 0.1) is 16.9 Å². The highest BCUT2D eigenvalue weighted by atomic mass is 35.5. The molecule has 0 aliphatic carbocycles. The Morgan fingerprint density at radius 1 is 1.14 bits per heavy atom. The first kappa shape index (κ1) is 19.0. The van der Waals surface area contributed by atoms with Crippen molar-refractivity contribution in [3.8, 4) is 5.69 Å². The van der Waals surface area contributed by atoms with Crippen molar-refractivity contribution >= 4 is 29.4 Å². The number of hydrazone groups is 1. The molecule has 0 saturated heterocycles. The van der Waals surface area contributed by atoms with Gasteiger partial charge < -0.3 is 4.57 Å². The molecule has 0 atom stereocenters. The van der Waals surface area contributed by atoms with Gasteiger partial charge in [-0.05, 0) is 51.1 Å².